The summed E-state index contributed by atoms with van der Waals surface area (Å²) in [6, 6.07) is 16.8. The van der Waals surface area contributed by atoms with Crippen molar-refractivity contribution in [2.45, 2.75) is 6.92 Å². The number of aryl methyl sites for hydroxylation is 1. The molecule has 1 N–H and O–H groups in total. The third kappa shape index (κ3) is 3.94. The largest absolute Gasteiger partial charge is 0.484 e. The van der Waals surface area contributed by atoms with Crippen molar-refractivity contribution in [1.82, 2.24) is 10.1 Å². The van der Waals surface area contributed by atoms with Gasteiger partial charge in [-0.05, 0) is 36.3 Å². The van der Waals surface area contributed by atoms with E-state index in [1.165, 1.54) is 0 Å². The molecule has 0 saturated heterocycles. The van der Waals surface area contributed by atoms with E-state index in [4.69, 9.17) is 9.26 Å². The number of carbonyl (C=O) groups excluding carboxylic acids is 1. The normalized spacial score (nSPS) is 10.3. The molecule has 1 heterocycles. The molecule has 3 rings (SSSR count). The molecular weight excluding hydrogens is 294 g/mol. The molecule has 0 fully saturated rings. The molecule has 6 nitrogen and oxygen atoms in total. The van der Waals surface area contributed by atoms with E-state index in [1.807, 2.05) is 49.4 Å². The van der Waals surface area contributed by atoms with Gasteiger partial charge in [0.1, 0.15) is 5.75 Å². The fourth-order valence-corrected chi connectivity index (χ4v) is 2.00. The van der Waals surface area contributed by atoms with Gasteiger partial charge in [0.25, 0.3) is 17.7 Å². The van der Waals surface area contributed by atoms with Gasteiger partial charge in [0.15, 0.2) is 6.61 Å². The van der Waals surface area contributed by atoms with Crippen LogP contribution in [0.2, 0.25) is 0 Å². The van der Waals surface area contributed by atoms with E-state index in [0.29, 0.717) is 11.6 Å². The van der Waals surface area contributed by atoms with Crippen molar-refractivity contribution in [3.05, 3.63) is 60.2 Å². The zero-order valence-electron chi connectivity index (χ0n) is 12.5. The summed E-state index contributed by atoms with van der Waals surface area (Å²) in [4.78, 5) is 16.0. The van der Waals surface area contributed by atoms with Gasteiger partial charge in [0, 0.05) is 5.56 Å². The minimum atomic E-state index is -0.356. The average Bonchev–Trinajstić information content (AvgIpc) is 3.02. The fraction of sp³-hybridized carbons (Fsp3) is 0.118. The van der Waals surface area contributed by atoms with Gasteiger partial charge in [-0.3, -0.25) is 10.1 Å². The molecule has 6 heteroatoms. The van der Waals surface area contributed by atoms with Gasteiger partial charge in [0.2, 0.25) is 0 Å². The van der Waals surface area contributed by atoms with E-state index in [2.05, 4.69) is 15.5 Å². The second-order valence-corrected chi connectivity index (χ2v) is 4.94. The van der Waals surface area contributed by atoms with Crippen molar-refractivity contribution in [3.63, 3.8) is 0 Å². The highest BCUT2D eigenvalue weighted by Gasteiger charge is 2.11. The van der Waals surface area contributed by atoms with Gasteiger partial charge in [-0.2, -0.15) is 4.98 Å². The number of ether oxygens (including phenoxy) is 1. The lowest BCUT2D eigenvalue weighted by molar-refractivity contribution is -0.118. The summed E-state index contributed by atoms with van der Waals surface area (Å²) >= 11 is 0. The number of hydrogen-bond acceptors (Lipinski definition) is 5. The number of para-hydroxylation sites is 1. The number of benzene rings is 2. The summed E-state index contributed by atoms with van der Waals surface area (Å²) in [5, 5.41) is 6.28. The third-order valence-corrected chi connectivity index (χ3v) is 3.06. The highest BCUT2D eigenvalue weighted by atomic mass is 16.5. The first-order valence-corrected chi connectivity index (χ1v) is 7.09. The summed E-state index contributed by atoms with van der Waals surface area (Å²) in [5.74, 6) is 0.734. The maximum Gasteiger partial charge on any atom is 0.270 e. The number of rotatable bonds is 5. The average molecular weight is 309 g/mol. The molecule has 116 valence electrons. The van der Waals surface area contributed by atoms with Gasteiger partial charge < -0.3 is 9.26 Å². The molecule has 0 bridgehead atoms. The molecule has 0 radical (unpaired) electrons. The summed E-state index contributed by atoms with van der Waals surface area (Å²) in [6.45, 7) is 1.85. The van der Waals surface area contributed by atoms with Crippen LogP contribution in [0.15, 0.2) is 59.1 Å². The van der Waals surface area contributed by atoms with Crippen molar-refractivity contribution >= 4 is 11.9 Å². The Balaban J connectivity index is 1.59. The van der Waals surface area contributed by atoms with Crippen LogP contribution in [0.4, 0.5) is 5.95 Å². The van der Waals surface area contributed by atoms with E-state index < -0.39 is 0 Å². The number of aromatic nitrogens is 2. The minimum Gasteiger partial charge on any atom is -0.484 e. The van der Waals surface area contributed by atoms with E-state index >= 15 is 0 Å². The van der Waals surface area contributed by atoms with Crippen LogP contribution >= 0.6 is 0 Å². The number of nitrogens with zero attached hydrogens (tertiary/aromatic N) is 2. The Hall–Kier alpha value is -3.15. The Morgan fingerprint density at radius 1 is 1.17 bits per heavy atom. The Bertz CT molecular complexity index is 800. The molecule has 2 aromatic carbocycles. The zero-order valence-corrected chi connectivity index (χ0v) is 12.5. The molecule has 0 saturated carbocycles. The molecule has 0 spiro atoms. The Morgan fingerprint density at radius 3 is 2.78 bits per heavy atom. The number of carbonyl (C=O) groups is 1. The van der Waals surface area contributed by atoms with Gasteiger partial charge in [-0.1, -0.05) is 35.9 Å². The quantitative estimate of drug-likeness (QED) is 0.783. The van der Waals surface area contributed by atoms with Gasteiger partial charge in [-0.15, -0.1) is 0 Å². The van der Waals surface area contributed by atoms with Crippen molar-refractivity contribution in [2.24, 2.45) is 0 Å². The minimum absolute atomic E-state index is 0.114. The first-order valence-electron chi connectivity index (χ1n) is 7.09. The number of nitrogens with one attached hydrogen (secondary N) is 1. The number of hydrogen-bond donors (Lipinski definition) is 1. The Morgan fingerprint density at radius 2 is 2.00 bits per heavy atom. The molecule has 0 atom stereocenters. The maximum atomic E-state index is 11.8. The first kappa shape index (κ1) is 14.8. The molecule has 3 aromatic rings. The molecule has 1 amide bonds. The molecular formula is C17H15N3O3. The van der Waals surface area contributed by atoms with E-state index in [-0.39, 0.29) is 18.5 Å². The summed E-state index contributed by atoms with van der Waals surface area (Å²) in [7, 11) is 0. The van der Waals surface area contributed by atoms with Crippen LogP contribution in [0.1, 0.15) is 5.56 Å². The van der Waals surface area contributed by atoms with Gasteiger partial charge >= 0.3 is 0 Å². The van der Waals surface area contributed by atoms with Crippen LogP contribution in [-0.4, -0.2) is 22.7 Å². The second kappa shape index (κ2) is 6.74. The van der Waals surface area contributed by atoms with Crippen molar-refractivity contribution in [3.8, 4) is 17.2 Å². The van der Waals surface area contributed by atoms with Crippen LogP contribution in [0.3, 0.4) is 0 Å². The Labute approximate surface area is 133 Å². The van der Waals surface area contributed by atoms with Crippen molar-refractivity contribution in [1.29, 1.82) is 0 Å². The highest BCUT2D eigenvalue weighted by molar-refractivity contribution is 5.90. The summed E-state index contributed by atoms with van der Waals surface area (Å²) < 4.78 is 10.5. The highest BCUT2D eigenvalue weighted by Crippen LogP contribution is 2.19. The van der Waals surface area contributed by atoms with Crippen LogP contribution in [-0.2, 0) is 4.79 Å². The predicted molar refractivity (Wildman–Crippen MR) is 85.0 cm³/mol. The monoisotopic (exact) mass is 309 g/mol. The standard InChI is InChI=1S/C17H15N3O3/c1-12-6-5-7-13(10-12)16-19-17(20-23-16)18-15(21)11-22-14-8-3-2-4-9-14/h2-10H,11H2,1H3,(H,18,20,21). The van der Waals surface area contributed by atoms with Gasteiger partial charge in [-0.25, -0.2) is 0 Å². The van der Waals surface area contributed by atoms with E-state index in [1.54, 1.807) is 12.1 Å². The molecule has 23 heavy (non-hydrogen) atoms. The predicted octanol–water partition coefficient (Wildman–Crippen LogP) is 3.06. The van der Waals surface area contributed by atoms with Crippen LogP contribution < -0.4 is 10.1 Å². The topological polar surface area (TPSA) is 77.2 Å². The number of anilines is 1. The summed E-state index contributed by atoms with van der Waals surface area (Å²) in [5.41, 5.74) is 1.89. The lowest BCUT2D eigenvalue weighted by Gasteiger charge is -2.04. The van der Waals surface area contributed by atoms with E-state index in [0.717, 1.165) is 11.1 Å². The zero-order chi connectivity index (χ0) is 16.1. The second-order valence-electron chi connectivity index (χ2n) is 4.94. The fourth-order valence-electron chi connectivity index (χ4n) is 2.00. The molecule has 0 aliphatic rings. The van der Waals surface area contributed by atoms with Crippen molar-refractivity contribution in [2.75, 3.05) is 11.9 Å². The molecule has 0 aliphatic heterocycles. The lowest BCUT2D eigenvalue weighted by Crippen LogP contribution is -2.20. The van der Waals surface area contributed by atoms with Crippen LogP contribution in [0.5, 0.6) is 5.75 Å². The lowest BCUT2D eigenvalue weighted by atomic mass is 10.1. The smallest absolute Gasteiger partial charge is 0.270 e. The maximum absolute atomic E-state index is 11.8. The first-order chi connectivity index (χ1) is 11.2. The third-order valence-electron chi connectivity index (χ3n) is 3.06. The van der Waals surface area contributed by atoms with Crippen molar-refractivity contribution < 1.29 is 14.1 Å². The SMILES string of the molecule is Cc1cccc(-c2nc(NC(=O)COc3ccccc3)no2)c1. The van der Waals surface area contributed by atoms with Crippen LogP contribution in [0.25, 0.3) is 11.5 Å². The molecule has 1 aromatic heterocycles. The Kier molecular flexibility index (Phi) is 4.33. The van der Waals surface area contributed by atoms with Gasteiger partial charge in [0.05, 0.1) is 0 Å². The van der Waals surface area contributed by atoms with Crippen LogP contribution in [0, 0.1) is 6.92 Å². The number of amides is 1. The molecule has 0 aliphatic carbocycles. The summed E-state index contributed by atoms with van der Waals surface area (Å²) in [6.07, 6.45) is 0. The van der Waals surface area contributed by atoms with E-state index in [9.17, 15) is 4.79 Å². The molecule has 0 unspecified atom stereocenters.